The zero-order chi connectivity index (χ0) is 11.8. The third kappa shape index (κ3) is 22.7. The van der Waals surface area contributed by atoms with Crippen LogP contribution in [0, 0.1) is 0 Å². The molecule has 0 rings (SSSR count). The Balaban J connectivity index is 0. The molecule has 88 valence electrons. The van der Waals surface area contributed by atoms with E-state index in [1.807, 2.05) is 13.8 Å². The highest BCUT2D eigenvalue weighted by molar-refractivity contribution is 4.68. The van der Waals surface area contributed by atoms with Gasteiger partial charge in [-0.3, -0.25) is 0 Å². The molecule has 0 aromatic carbocycles. The van der Waals surface area contributed by atoms with E-state index >= 15 is 0 Å². The van der Waals surface area contributed by atoms with Gasteiger partial charge in [0.05, 0.1) is 11.2 Å². The lowest BCUT2D eigenvalue weighted by Gasteiger charge is -2.30. The molecule has 0 aromatic heterocycles. The molecule has 0 saturated heterocycles. The van der Waals surface area contributed by atoms with Crippen LogP contribution >= 0.6 is 0 Å². The van der Waals surface area contributed by atoms with E-state index < -0.39 is 0 Å². The van der Waals surface area contributed by atoms with Crippen LogP contribution in [-0.2, 0) is 9.47 Å². The Bertz CT molecular complexity index is 103. The van der Waals surface area contributed by atoms with Crippen LogP contribution in [0.1, 0.15) is 55.4 Å². The summed E-state index contributed by atoms with van der Waals surface area (Å²) in [4.78, 5) is 0. The van der Waals surface area contributed by atoms with Crippen LogP contribution in [0.4, 0.5) is 0 Å². The first-order valence-corrected chi connectivity index (χ1v) is 5.40. The second kappa shape index (κ2) is 7.24. The standard InChI is InChI=1S/C8H18O.C4H10O/c1-7(2,3)9-8(4,5)6;1-3-5-4-2/h1-6H3;3-4H2,1-2H3. The van der Waals surface area contributed by atoms with Gasteiger partial charge in [0.2, 0.25) is 0 Å². The fourth-order valence-corrected chi connectivity index (χ4v) is 1.12. The summed E-state index contributed by atoms with van der Waals surface area (Å²) in [5, 5.41) is 0. The Morgan fingerprint density at radius 2 is 1.00 bits per heavy atom. The second-order valence-corrected chi connectivity index (χ2v) is 5.11. The molecule has 0 amide bonds. The molecule has 0 fully saturated rings. The van der Waals surface area contributed by atoms with Crippen molar-refractivity contribution >= 4 is 0 Å². The maximum Gasteiger partial charge on any atom is 0.0605 e. The van der Waals surface area contributed by atoms with E-state index in [0.717, 1.165) is 13.2 Å². The van der Waals surface area contributed by atoms with Gasteiger partial charge in [0.15, 0.2) is 0 Å². The van der Waals surface area contributed by atoms with Crippen LogP contribution in [0.2, 0.25) is 0 Å². The summed E-state index contributed by atoms with van der Waals surface area (Å²) in [7, 11) is 0. The fourth-order valence-electron chi connectivity index (χ4n) is 1.12. The van der Waals surface area contributed by atoms with E-state index in [-0.39, 0.29) is 11.2 Å². The van der Waals surface area contributed by atoms with Crippen molar-refractivity contribution in [3.63, 3.8) is 0 Å². The second-order valence-electron chi connectivity index (χ2n) is 5.11. The number of ether oxygens (including phenoxy) is 2. The van der Waals surface area contributed by atoms with Crippen LogP contribution in [0.25, 0.3) is 0 Å². The van der Waals surface area contributed by atoms with E-state index in [0.29, 0.717) is 0 Å². The molecule has 0 heterocycles. The largest absolute Gasteiger partial charge is 0.382 e. The fraction of sp³-hybridized carbons (Fsp3) is 1.00. The van der Waals surface area contributed by atoms with Gasteiger partial charge in [0.25, 0.3) is 0 Å². The van der Waals surface area contributed by atoms with Crippen molar-refractivity contribution in [2.75, 3.05) is 13.2 Å². The lowest BCUT2D eigenvalue weighted by atomic mass is 10.1. The summed E-state index contributed by atoms with van der Waals surface area (Å²) < 4.78 is 10.5. The minimum absolute atomic E-state index is 0.0156. The molecular formula is C12H28O2. The lowest BCUT2D eigenvalue weighted by molar-refractivity contribution is -0.102. The highest BCUT2D eigenvalue weighted by Gasteiger charge is 2.19. The Morgan fingerprint density at radius 1 is 0.714 bits per heavy atom. The molecule has 0 bridgehead atoms. The first-order valence-electron chi connectivity index (χ1n) is 5.40. The predicted molar refractivity (Wildman–Crippen MR) is 62.8 cm³/mol. The van der Waals surface area contributed by atoms with Crippen molar-refractivity contribution in [2.45, 2.75) is 66.6 Å². The van der Waals surface area contributed by atoms with Crippen molar-refractivity contribution in [1.82, 2.24) is 0 Å². The maximum atomic E-state index is 5.62. The molecule has 2 heteroatoms. The van der Waals surface area contributed by atoms with Crippen molar-refractivity contribution < 1.29 is 9.47 Å². The number of hydrogen-bond acceptors (Lipinski definition) is 2. The van der Waals surface area contributed by atoms with Crippen molar-refractivity contribution in [3.05, 3.63) is 0 Å². The van der Waals surface area contributed by atoms with Crippen molar-refractivity contribution in [1.29, 1.82) is 0 Å². The Labute approximate surface area is 90.0 Å². The Hall–Kier alpha value is -0.0800. The average molecular weight is 204 g/mol. The summed E-state index contributed by atoms with van der Waals surface area (Å²) in [5.41, 5.74) is -0.0312. The molecule has 0 saturated carbocycles. The van der Waals surface area contributed by atoms with Crippen LogP contribution in [0.15, 0.2) is 0 Å². The smallest absolute Gasteiger partial charge is 0.0605 e. The van der Waals surface area contributed by atoms with E-state index in [2.05, 4.69) is 41.5 Å². The summed E-state index contributed by atoms with van der Waals surface area (Å²) in [6.45, 7) is 18.1. The van der Waals surface area contributed by atoms with Crippen LogP contribution in [-0.4, -0.2) is 24.4 Å². The molecule has 0 aliphatic heterocycles. The molecule has 0 unspecified atom stereocenters. The van der Waals surface area contributed by atoms with E-state index in [9.17, 15) is 0 Å². The quantitative estimate of drug-likeness (QED) is 0.683. The lowest BCUT2D eigenvalue weighted by Crippen LogP contribution is -2.31. The Kier molecular flexibility index (Phi) is 8.46. The SMILES string of the molecule is CC(C)(C)OC(C)(C)C.CCOCC. The molecule has 0 radical (unpaired) electrons. The van der Waals surface area contributed by atoms with E-state index in [4.69, 9.17) is 9.47 Å². The maximum absolute atomic E-state index is 5.62. The molecule has 0 spiro atoms. The monoisotopic (exact) mass is 204 g/mol. The van der Waals surface area contributed by atoms with E-state index in [1.54, 1.807) is 0 Å². The molecule has 0 N–H and O–H groups in total. The summed E-state index contributed by atoms with van der Waals surface area (Å²) in [6, 6.07) is 0. The van der Waals surface area contributed by atoms with Gasteiger partial charge in [-0.15, -0.1) is 0 Å². The molecule has 2 nitrogen and oxygen atoms in total. The van der Waals surface area contributed by atoms with Crippen molar-refractivity contribution in [2.24, 2.45) is 0 Å². The number of rotatable bonds is 2. The first-order chi connectivity index (χ1) is 6.12. The third-order valence-corrected chi connectivity index (χ3v) is 1.02. The zero-order valence-electron chi connectivity index (χ0n) is 11.2. The molecule has 0 aliphatic rings. The van der Waals surface area contributed by atoms with Gasteiger partial charge in [0.1, 0.15) is 0 Å². The van der Waals surface area contributed by atoms with Gasteiger partial charge >= 0.3 is 0 Å². The topological polar surface area (TPSA) is 18.5 Å². The van der Waals surface area contributed by atoms with Crippen LogP contribution < -0.4 is 0 Å². The highest BCUT2D eigenvalue weighted by atomic mass is 16.5. The number of hydrogen-bond donors (Lipinski definition) is 0. The molecule has 0 aliphatic carbocycles. The molecule has 0 atom stereocenters. The van der Waals surface area contributed by atoms with Crippen LogP contribution in [0.5, 0.6) is 0 Å². The summed E-state index contributed by atoms with van der Waals surface area (Å²) in [5.74, 6) is 0. The van der Waals surface area contributed by atoms with E-state index in [1.165, 1.54) is 0 Å². The highest BCUT2D eigenvalue weighted by Crippen LogP contribution is 2.17. The van der Waals surface area contributed by atoms with Gasteiger partial charge < -0.3 is 9.47 Å². The summed E-state index contributed by atoms with van der Waals surface area (Å²) in [6.07, 6.45) is 0. The minimum atomic E-state index is -0.0156. The normalized spacial score (nSPS) is 12.0. The first kappa shape index (κ1) is 16.4. The third-order valence-electron chi connectivity index (χ3n) is 1.02. The molecule has 0 aromatic rings. The zero-order valence-corrected chi connectivity index (χ0v) is 11.2. The van der Waals surface area contributed by atoms with Gasteiger partial charge in [-0.25, -0.2) is 0 Å². The van der Waals surface area contributed by atoms with Gasteiger partial charge in [-0.1, -0.05) is 0 Å². The van der Waals surface area contributed by atoms with Crippen molar-refractivity contribution in [3.8, 4) is 0 Å². The summed E-state index contributed by atoms with van der Waals surface area (Å²) >= 11 is 0. The minimum Gasteiger partial charge on any atom is -0.382 e. The van der Waals surface area contributed by atoms with Gasteiger partial charge in [0, 0.05) is 13.2 Å². The van der Waals surface area contributed by atoms with Crippen LogP contribution in [0.3, 0.4) is 0 Å². The molecule has 14 heavy (non-hydrogen) atoms. The Morgan fingerprint density at radius 3 is 1.00 bits per heavy atom. The molecular weight excluding hydrogens is 176 g/mol. The predicted octanol–water partition coefficient (Wildman–Crippen LogP) is 3.64. The van der Waals surface area contributed by atoms with Gasteiger partial charge in [-0.2, -0.15) is 0 Å². The average Bonchev–Trinajstić information content (AvgIpc) is 1.81. The van der Waals surface area contributed by atoms with Gasteiger partial charge in [-0.05, 0) is 55.4 Å².